The van der Waals surface area contributed by atoms with E-state index >= 15 is 0 Å². The van der Waals surface area contributed by atoms with Crippen molar-refractivity contribution in [2.24, 2.45) is 5.92 Å². The molecule has 0 radical (unpaired) electrons. The van der Waals surface area contributed by atoms with Crippen molar-refractivity contribution in [3.05, 3.63) is 53.2 Å². The van der Waals surface area contributed by atoms with E-state index in [2.05, 4.69) is 32.9 Å². The predicted octanol–water partition coefficient (Wildman–Crippen LogP) is 5.29. The summed E-state index contributed by atoms with van der Waals surface area (Å²) in [5.41, 5.74) is 1.55. The number of aromatic nitrogens is 1. The lowest BCUT2D eigenvalue weighted by Gasteiger charge is -2.29. The number of halogens is 1. The van der Waals surface area contributed by atoms with E-state index in [1.165, 1.54) is 0 Å². The minimum Gasteiger partial charge on any atom is -0.492 e. The highest BCUT2D eigenvalue weighted by molar-refractivity contribution is 6.33. The summed E-state index contributed by atoms with van der Waals surface area (Å²) in [7, 11) is 2.13. The van der Waals surface area contributed by atoms with E-state index in [0.717, 1.165) is 25.9 Å². The molecule has 0 aliphatic carbocycles. The van der Waals surface area contributed by atoms with Crippen LogP contribution in [0.15, 0.2) is 42.6 Å². The second-order valence-corrected chi connectivity index (χ2v) is 9.73. The van der Waals surface area contributed by atoms with E-state index in [1.54, 1.807) is 42.6 Å². The average molecular weight is 540 g/mol. The van der Waals surface area contributed by atoms with E-state index in [4.69, 9.17) is 21.1 Å². The maximum Gasteiger partial charge on any atom is 0.319 e. The highest BCUT2D eigenvalue weighted by Gasteiger charge is 2.21. The summed E-state index contributed by atoms with van der Waals surface area (Å²) in [5, 5.41) is 9.24. The minimum atomic E-state index is -0.338. The van der Waals surface area contributed by atoms with Gasteiger partial charge in [-0.3, -0.25) is 9.78 Å². The Bertz CT molecular complexity index is 1290. The molecule has 1 aromatic heterocycles. The Morgan fingerprint density at radius 3 is 2.53 bits per heavy atom. The summed E-state index contributed by atoms with van der Waals surface area (Å²) >= 11 is 6.38. The molecule has 0 spiro atoms. The fourth-order valence-electron chi connectivity index (χ4n) is 4.34. The maximum absolute atomic E-state index is 13.0. The van der Waals surface area contributed by atoms with Gasteiger partial charge in [0.2, 0.25) is 0 Å². The van der Waals surface area contributed by atoms with Gasteiger partial charge in [-0.15, -0.1) is 0 Å². The van der Waals surface area contributed by atoms with E-state index < -0.39 is 0 Å². The molecule has 0 atom stereocenters. The highest BCUT2D eigenvalue weighted by Crippen LogP contribution is 2.35. The number of amides is 3. The molecule has 3 amide bonds. The number of carbonyl (C=O) groups is 2. The Morgan fingerprint density at radius 2 is 1.82 bits per heavy atom. The van der Waals surface area contributed by atoms with Crippen molar-refractivity contribution >= 4 is 40.1 Å². The van der Waals surface area contributed by atoms with Gasteiger partial charge in [-0.25, -0.2) is 4.79 Å². The number of likely N-dealkylation sites (tertiary alicyclic amines) is 1. The molecule has 9 nitrogen and oxygen atoms in total. The number of rotatable bonds is 9. The second-order valence-electron chi connectivity index (χ2n) is 9.32. The van der Waals surface area contributed by atoms with Gasteiger partial charge in [-0.1, -0.05) is 11.6 Å². The number of anilines is 1. The van der Waals surface area contributed by atoms with Gasteiger partial charge >= 0.3 is 6.03 Å². The smallest absolute Gasteiger partial charge is 0.319 e. The molecule has 3 aromatic rings. The second kappa shape index (κ2) is 12.8. The zero-order valence-electron chi connectivity index (χ0n) is 22.0. The van der Waals surface area contributed by atoms with Crippen LogP contribution in [-0.2, 0) is 0 Å². The highest BCUT2D eigenvalue weighted by atomic mass is 35.5. The fourth-order valence-corrected chi connectivity index (χ4v) is 4.56. The van der Waals surface area contributed by atoms with E-state index in [1.807, 2.05) is 13.8 Å². The topological polar surface area (TPSA) is 105 Å². The summed E-state index contributed by atoms with van der Waals surface area (Å²) in [6.45, 7) is 7.35. The summed E-state index contributed by atoms with van der Waals surface area (Å²) in [5.74, 6) is 1.73. The third-order valence-corrected chi connectivity index (χ3v) is 6.76. The summed E-state index contributed by atoms with van der Waals surface area (Å²) in [4.78, 5) is 31.6. The van der Waals surface area contributed by atoms with Gasteiger partial charge in [0.1, 0.15) is 17.2 Å². The first-order chi connectivity index (χ1) is 18.4. The summed E-state index contributed by atoms with van der Waals surface area (Å²) < 4.78 is 12.4. The number of carbonyl (C=O) groups excluding carboxylic acids is 2. The predicted molar refractivity (Wildman–Crippen MR) is 150 cm³/mol. The Morgan fingerprint density at radius 1 is 1.05 bits per heavy atom. The Balaban J connectivity index is 1.59. The summed E-state index contributed by atoms with van der Waals surface area (Å²) in [6.07, 6.45) is 3.78. The van der Waals surface area contributed by atoms with Crippen molar-refractivity contribution in [1.82, 2.24) is 20.5 Å². The lowest BCUT2D eigenvalue weighted by molar-refractivity contribution is 0.0949. The average Bonchev–Trinajstić information content (AvgIpc) is 2.90. The number of hydrogen-bond donors (Lipinski definition) is 3. The number of hydrogen-bond acceptors (Lipinski definition) is 6. The van der Waals surface area contributed by atoms with Crippen molar-refractivity contribution in [3.8, 4) is 17.2 Å². The molecule has 38 heavy (non-hydrogen) atoms. The van der Waals surface area contributed by atoms with Crippen LogP contribution in [0.5, 0.6) is 17.2 Å². The Labute approximate surface area is 227 Å². The van der Waals surface area contributed by atoms with Gasteiger partial charge in [-0.05, 0) is 77.0 Å². The SMILES string of the molecule is CCNC(=O)Nc1ccc(Oc2ccnc3cc(OCC4CCN(C)CC4)c(C(=O)NCC)cc23)cc1Cl. The largest absolute Gasteiger partial charge is 0.492 e. The molecule has 0 saturated carbocycles. The maximum atomic E-state index is 13.0. The van der Waals surface area contributed by atoms with Gasteiger partial charge in [0.25, 0.3) is 5.91 Å². The summed E-state index contributed by atoms with van der Waals surface area (Å²) in [6, 6.07) is 9.97. The number of ether oxygens (including phenoxy) is 2. The van der Waals surface area contributed by atoms with Crippen LogP contribution >= 0.6 is 11.6 Å². The standard InChI is InChI=1S/C28H34ClN5O4/c1-4-30-27(35)21-15-20-24(16-26(21)37-17-18-9-12-34(3)13-10-18)32-11-8-25(20)38-19-6-7-23(22(29)14-19)33-28(36)31-5-2/h6-8,11,14-16,18H,4-5,9-10,12-13,17H2,1-3H3,(H,30,35)(H2,31,33,36). The van der Waals surface area contributed by atoms with Gasteiger partial charge in [0, 0.05) is 36.8 Å². The molecule has 2 aromatic carbocycles. The lowest BCUT2D eigenvalue weighted by Crippen LogP contribution is -2.32. The lowest BCUT2D eigenvalue weighted by atomic mass is 9.98. The monoisotopic (exact) mass is 539 g/mol. The van der Waals surface area contributed by atoms with Crippen LogP contribution in [-0.4, -0.2) is 61.7 Å². The number of urea groups is 1. The molecule has 0 unspecified atom stereocenters. The third kappa shape index (κ3) is 6.85. The molecular weight excluding hydrogens is 506 g/mol. The van der Waals surface area contributed by atoms with Crippen molar-refractivity contribution in [2.75, 3.05) is 45.2 Å². The fraction of sp³-hybridized carbons (Fsp3) is 0.393. The van der Waals surface area contributed by atoms with Crippen LogP contribution in [0.4, 0.5) is 10.5 Å². The van der Waals surface area contributed by atoms with Crippen molar-refractivity contribution < 1.29 is 19.1 Å². The van der Waals surface area contributed by atoms with Crippen molar-refractivity contribution in [1.29, 1.82) is 0 Å². The molecule has 3 N–H and O–H groups in total. The molecule has 202 valence electrons. The first-order valence-corrected chi connectivity index (χ1v) is 13.3. The zero-order chi connectivity index (χ0) is 27.1. The first-order valence-electron chi connectivity index (χ1n) is 12.9. The van der Waals surface area contributed by atoms with E-state index in [9.17, 15) is 9.59 Å². The third-order valence-electron chi connectivity index (χ3n) is 6.45. The van der Waals surface area contributed by atoms with Gasteiger partial charge in [0.15, 0.2) is 0 Å². The Hall–Kier alpha value is -3.56. The van der Waals surface area contributed by atoms with Crippen LogP contribution in [0.1, 0.15) is 37.0 Å². The number of nitrogens with zero attached hydrogens (tertiary/aromatic N) is 2. The minimum absolute atomic E-state index is 0.216. The molecule has 10 heteroatoms. The van der Waals surface area contributed by atoms with Gasteiger partial charge in [-0.2, -0.15) is 0 Å². The number of pyridine rings is 1. The van der Waals surface area contributed by atoms with Crippen molar-refractivity contribution in [3.63, 3.8) is 0 Å². The zero-order valence-corrected chi connectivity index (χ0v) is 22.7. The van der Waals surface area contributed by atoms with Crippen LogP contribution < -0.4 is 25.4 Å². The molecule has 1 fully saturated rings. The molecule has 1 saturated heterocycles. The van der Waals surface area contributed by atoms with Gasteiger partial charge < -0.3 is 30.3 Å². The Kier molecular flexibility index (Phi) is 9.25. The van der Waals surface area contributed by atoms with Crippen molar-refractivity contribution in [2.45, 2.75) is 26.7 Å². The quantitative estimate of drug-likeness (QED) is 0.341. The van der Waals surface area contributed by atoms with Crippen LogP contribution in [0.25, 0.3) is 10.9 Å². The van der Waals surface area contributed by atoms with Crippen LogP contribution in [0, 0.1) is 5.92 Å². The molecular formula is C28H34ClN5O4. The molecule has 2 heterocycles. The number of benzene rings is 2. The number of nitrogens with one attached hydrogen (secondary N) is 3. The normalized spacial score (nSPS) is 14.2. The van der Waals surface area contributed by atoms with E-state index in [-0.39, 0.29) is 11.9 Å². The number of fused-ring (bicyclic) bond motifs is 1. The molecule has 1 aliphatic rings. The molecule has 0 bridgehead atoms. The van der Waals surface area contributed by atoms with Gasteiger partial charge in [0.05, 0.1) is 28.4 Å². The van der Waals surface area contributed by atoms with Crippen LogP contribution in [0.2, 0.25) is 5.02 Å². The van der Waals surface area contributed by atoms with Crippen LogP contribution in [0.3, 0.4) is 0 Å². The van der Waals surface area contributed by atoms with E-state index in [0.29, 0.717) is 70.0 Å². The number of piperidine rings is 1. The molecule has 1 aliphatic heterocycles. The first kappa shape index (κ1) is 27.5. The molecule has 4 rings (SSSR count).